The minimum Gasteiger partial charge on any atom is -0.490 e. The van der Waals surface area contributed by atoms with Crippen LogP contribution in [0.15, 0.2) is 18.2 Å². The van der Waals surface area contributed by atoms with E-state index in [9.17, 15) is 14.9 Å². The summed E-state index contributed by atoms with van der Waals surface area (Å²) in [4.78, 5) is 24.1. The molecule has 0 aromatic heterocycles. The zero-order valence-electron chi connectivity index (χ0n) is 15.0. The first-order chi connectivity index (χ1) is 11.7. The van der Waals surface area contributed by atoms with E-state index in [1.165, 1.54) is 19.2 Å². The van der Waals surface area contributed by atoms with Crippen molar-refractivity contribution in [2.45, 2.75) is 45.3 Å². The van der Waals surface area contributed by atoms with Gasteiger partial charge in [0.15, 0.2) is 0 Å². The number of rotatable bonds is 4. The fourth-order valence-electron chi connectivity index (χ4n) is 2.56. The maximum absolute atomic E-state index is 12.0. The van der Waals surface area contributed by atoms with Crippen molar-refractivity contribution in [3.63, 3.8) is 0 Å². The normalized spacial score (nSPS) is 15.6. The summed E-state index contributed by atoms with van der Waals surface area (Å²) in [5.41, 5.74) is -0.616. The molecule has 1 fully saturated rings. The van der Waals surface area contributed by atoms with Crippen molar-refractivity contribution in [3.8, 4) is 11.5 Å². The van der Waals surface area contributed by atoms with Crippen LogP contribution >= 0.6 is 0 Å². The Labute approximate surface area is 146 Å². The summed E-state index contributed by atoms with van der Waals surface area (Å²) in [6, 6.07) is 4.43. The molecule has 1 amide bonds. The van der Waals surface area contributed by atoms with Crippen LogP contribution in [0.25, 0.3) is 0 Å². The molecule has 0 aliphatic carbocycles. The summed E-state index contributed by atoms with van der Waals surface area (Å²) in [6.45, 7) is 6.60. The van der Waals surface area contributed by atoms with Crippen molar-refractivity contribution in [3.05, 3.63) is 28.3 Å². The Kier molecular flexibility index (Phi) is 5.71. The lowest BCUT2D eigenvalue weighted by Gasteiger charge is -2.33. The molecule has 1 saturated heterocycles. The van der Waals surface area contributed by atoms with Gasteiger partial charge in [0.25, 0.3) is 0 Å². The molecular weight excluding hydrogens is 328 g/mol. The van der Waals surface area contributed by atoms with E-state index in [4.69, 9.17) is 14.2 Å². The zero-order valence-corrected chi connectivity index (χ0v) is 15.0. The molecular formula is C17H24N2O6. The molecule has 0 radical (unpaired) electrons. The van der Waals surface area contributed by atoms with Crippen LogP contribution in [0.5, 0.6) is 11.5 Å². The number of methoxy groups -OCH3 is 1. The van der Waals surface area contributed by atoms with Gasteiger partial charge in [-0.25, -0.2) is 4.79 Å². The third-order valence-electron chi connectivity index (χ3n) is 3.74. The molecule has 1 aliphatic heterocycles. The lowest BCUT2D eigenvalue weighted by Crippen LogP contribution is -2.44. The third kappa shape index (κ3) is 5.23. The molecule has 0 atom stereocenters. The van der Waals surface area contributed by atoms with Crippen LogP contribution in [0.2, 0.25) is 0 Å². The Hall–Kier alpha value is -2.51. The number of hydrogen-bond donors (Lipinski definition) is 0. The molecule has 1 aromatic carbocycles. The average Bonchev–Trinajstić information content (AvgIpc) is 2.53. The van der Waals surface area contributed by atoms with Gasteiger partial charge in [0, 0.05) is 38.1 Å². The van der Waals surface area contributed by atoms with E-state index >= 15 is 0 Å². The van der Waals surface area contributed by atoms with Crippen LogP contribution in [0.4, 0.5) is 10.5 Å². The molecule has 2 rings (SSSR count). The second-order valence-electron chi connectivity index (χ2n) is 6.88. The standard InChI is InChI=1S/C17H24N2O6/c1-17(2,3)25-16(20)18-9-7-12(8-10-18)24-13-5-6-14(19(21)22)15(11-13)23-4/h5-6,11-12H,7-10H2,1-4H3. The summed E-state index contributed by atoms with van der Waals surface area (Å²) in [6.07, 6.45) is 0.949. The monoisotopic (exact) mass is 352 g/mol. The second-order valence-corrected chi connectivity index (χ2v) is 6.88. The smallest absolute Gasteiger partial charge is 0.410 e. The Balaban J connectivity index is 1.92. The van der Waals surface area contributed by atoms with E-state index in [1.54, 1.807) is 11.0 Å². The van der Waals surface area contributed by atoms with E-state index in [2.05, 4.69) is 0 Å². The highest BCUT2D eigenvalue weighted by Gasteiger charge is 2.28. The molecule has 25 heavy (non-hydrogen) atoms. The summed E-state index contributed by atoms with van der Waals surface area (Å²) in [7, 11) is 1.38. The molecule has 1 aromatic rings. The quantitative estimate of drug-likeness (QED) is 0.609. The first kappa shape index (κ1) is 18.8. The summed E-state index contributed by atoms with van der Waals surface area (Å²) < 4.78 is 16.3. The van der Waals surface area contributed by atoms with E-state index in [-0.39, 0.29) is 23.6 Å². The van der Waals surface area contributed by atoms with Gasteiger partial charge in [0.2, 0.25) is 5.75 Å². The van der Waals surface area contributed by atoms with Crippen molar-refractivity contribution >= 4 is 11.8 Å². The zero-order chi connectivity index (χ0) is 18.6. The van der Waals surface area contributed by atoms with E-state index in [1.807, 2.05) is 20.8 Å². The number of hydrogen-bond acceptors (Lipinski definition) is 6. The third-order valence-corrected chi connectivity index (χ3v) is 3.74. The summed E-state index contributed by atoms with van der Waals surface area (Å²) in [5.74, 6) is 0.673. The van der Waals surface area contributed by atoms with Gasteiger partial charge in [-0.2, -0.15) is 0 Å². The van der Waals surface area contributed by atoms with Gasteiger partial charge in [-0.1, -0.05) is 0 Å². The average molecular weight is 352 g/mol. The second kappa shape index (κ2) is 7.58. The Morgan fingerprint density at radius 1 is 1.28 bits per heavy atom. The Morgan fingerprint density at radius 2 is 1.92 bits per heavy atom. The number of likely N-dealkylation sites (tertiary alicyclic amines) is 1. The summed E-state index contributed by atoms with van der Waals surface area (Å²) in [5, 5.41) is 10.9. The SMILES string of the molecule is COc1cc(OC2CCN(C(=O)OC(C)(C)C)CC2)ccc1[N+](=O)[O-]. The number of ether oxygens (including phenoxy) is 3. The van der Waals surface area contributed by atoms with Crippen molar-refractivity contribution in [1.29, 1.82) is 0 Å². The van der Waals surface area contributed by atoms with Crippen molar-refractivity contribution in [2.75, 3.05) is 20.2 Å². The van der Waals surface area contributed by atoms with E-state index in [0.717, 1.165) is 0 Å². The number of amides is 1. The maximum atomic E-state index is 12.0. The molecule has 1 aliphatic rings. The molecule has 0 unspecified atom stereocenters. The van der Waals surface area contributed by atoms with Gasteiger partial charge in [-0.05, 0) is 26.8 Å². The Bertz CT molecular complexity index is 633. The number of nitro groups is 1. The first-order valence-electron chi connectivity index (χ1n) is 8.16. The van der Waals surface area contributed by atoms with Crippen LogP contribution in [0.1, 0.15) is 33.6 Å². The molecule has 0 bridgehead atoms. The summed E-state index contributed by atoms with van der Waals surface area (Å²) >= 11 is 0. The molecule has 8 nitrogen and oxygen atoms in total. The van der Waals surface area contributed by atoms with E-state index in [0.29, 0.717) is 31.7 Å². The van der Waals surface area contributed by atoms with Gasteiger partial charge in [-0.3, -0.25) is 10.1 Å². The number of nitro benzene ring substituents is 1. The predicted octanol–water partition coefficient (Wildman–Crippen LogP) is 3.38. The largest absolute Gasteiger partial charge is 0.490 e. The van der Waals surface area contributed by atoms with Crippen LogP contribution in [0, 0.1) is 10.1 Å². The highest BCUT2D eigenvalue weighted by Crippen LogP contribution is 2.32. The van der Waals surface area contributed by atoms with Crippen LogP contribution in [0.3, 0.4) is 0 Å². The van der Waals surface area contributed by atoms with Gasteiger partial charge < -0.3 is 19.1 Å². The fourth-order valence-corrected chi connectivity index (χ4v) is 2.56. The molecule has 0 saturated carbocycles. The molecule has 0 N–H and O–H groups in total. The minimum atomic E-state index is -0.514. The maximum Gasteiger partial charge on any atom is 0.410 e. The van der Waals surface area contributed by atoms with Gasteiger partial charge in [-0.15, -0.1) is 0 Å². The van der Waals surface area contributed by atoms with Crippen molar-refractivity contribution < 1.29 is 23.9 Å². The fraction of sp³-hybridized carbons (Fsp3) is 0.588. The van der Waals surface area contributed by atoms with Crippen LogP contribution in [-0.2, 0) is 4.74 Å². The highest BCUT2D eigenvalue weighted by atomic mass is 16.6. The lowest BCUT2D eigenvalue weighted by molar-refractivity contribution is -0.385. The Morgan fingerprint density at radius 3 is 2.44 bits per heavy atom. The van der Waals surface area contributed by atoms with Gasteiger partial charge >= 0.3 is 11.8 Å². The van der Waals surface area contributed by atoms with Crippen LogP contribution in [-0.4, -0.2) is 47.8 Å². The van der Waals surface area contributed by atoms with E-state index < -0.39 is 10.5 Å². The van der Waals surface area contributed by atoms with Gasteiger partial charge in [0.05, 0.1) is 12.0 Å². The first-order valence-corrected chi connectivity index (χ1v) is 8.16. The van der Waals surface area contributed by atoms with Crippen molar-refractivity contribution in [1.82, 2.24) is 4.90 Å². The number of benzene rings is 1. The van der Waals surface area contributed by atoms with Gasteiger partial charge in [0.1, 0.15) is 17.5 Å². The molecule has 1 heterocycles. The lowest BCUT2D eigenvalue weighted by atomic mass is 10.1. The molecule has 8 heteroatoms. The van der Waals surface area contributed by atoms with Crippen LogP contribution < -0.4 is 9.47 Å². The predicted molar refractivity (Wildman–Crippen MR) is 91.1 cm³/mol. The number of piperidine rings is 1. The number of carbonyl (C=O) groups excluding carboxylic acids is 1. The number of carbonyl (C=O) groups is 1. The van der Waals surface area contributed by atoms with Crippen molar-refractivity contribution in [2.24, 2.45) is 0 Å². The minimum absolute atomic E-state index is 0.0650. The molecule has 0 spiro atoms. The molecule has 138 valence electrons. The number of nitrogens with zero attached hydrogens (tertiary/aromatic N) is 2. The topological polar surface area (TPSA) is 91.1 Å². The highest BCUT2D eigenvalue weighted by molar-refractivity contribution is 5.68.